The van der Waals surface area contributed by atoms with Crippen molar-refractivity contribution >= 4 is 5.91 Å². The highest BCUT2D eigenvalue weighted by atomic mass is 16.5. The highest BCUT2D eigenvalue weighted by Gasteiger charge is 2.17. The minimum atomic E-state index is -0.0640. The maximum absolute atomic E-state index is 12.5. The zero-order chi connectivity index (χ0) is 20.1. The monoisotopic (exact) mass is 377 g/mol. The number of para-hydroxylation sites is 1. The number of ether oxygens (including phenoxy) is 1. The normalized spacial score (nSPS) is 10.7. The fourth-order valence-corrected chi connectivity index (χ4v) is 3.13. The van der Waals surface area contributed by atoms with Crippen molar-refractivity contribution in [1.82, 2.24) is 14.7 Å². The van der Waals surface area contributed by atoms with E-state index in [0.717, 1.165) is 29.1 Å². The van der Waals surface area contributed by atoms with Gasteiger partial charge in [0.2, 0.25) is 0 Å². The Morgan fingerprint density at radius 2 is 1.75 bits per heavy atom. The number of nitrogens with zero attached hydrogens (tertiary/aromatic N) is 3. The fraction of sp³-hybridized carbons (Fsp3) is 0.304. The number of aryl methyl sites for hydroxylation is 2. The number of rotatable bonds is 7. The molecule has 0 radical (unpaired) electrons. The Labute approximate surface area is 166 Å². The van der Waals surface area contributed by atoms with Gasteiger partial charge in [-0.15, -0.1) is 0 Å². The van der Waals surface area contributed by atoms with Gasteiger partial charge in [-0.25, -0.2) is 4.68 Å². The molecule has 0 unspecified atom stereocenters. The van der Waals surface area contributed by atoms with Gasteiger partial charge in [-0.1, -0.05) is 37.3 Å². The van der Waals surface area contributed by atoms with Gasteiger partial charge < -0.3 is 9.64 Å². The largest absolute Gasteiger partial charge is 0.484 e. The van der Waals surface area contributed by atoms with Crippen LogP contribution in [0.1, 0.15) is 29.4 Å². The second-order valence-corrected chi connectivity index (χ2v) is 6.93. The zero-order valence-electron chi connectivity index (χ0n) is 17.0. The molecule has 28 heavy (non-hydrogen) atoms. The number of benzene rings is 2. The van der Waals surface area contributed by atoms with E-state index in [9.17, 15) is 4.79 Å². The van der Waals surface area contributed by atoms with Crippen molar-refractivity contribution in [3.05, 3.63) is 77.1 Å². The van der Waals surface area contributed by atoms with E-state index in [0.29, 0.717) is 12.3 Å². The first kappa shape index (κ1) is 19.7. The van der Waals surface area contributed by atoms with Gasteiger partial charge in [0.1, 0.15) is 5.75 Å². The molecule has 0 bridgehead atoms. The van der Waals surface area contributed by atoms with Crippen LogP contribution in [0.4, 0.5) is 0 Å². The van der Waals surface area contributed by atoms with Gasteiger partial charge in [-0.2, -0.15) is 5.10 Å². The number of amides is 1. The zero-order valence-corrected chi connectivity index (χ0v) is 17.0. The number of hydrogen-bond acceptors (Lipinski definition) is 3. The lowest BCUT2D eigenvalue weighted by molar-refractivity contribution is -0.132. The third kappa shape index (κ3) is 4.42. The summed E-state index contributed by atoms with van der Waals surface area (Å²) in [6.07, 6.45) is 0.983. The lowest BCUT2D eigenvalue weighted by atomic mass is 10.2. The maximum atomic E-state index is 12.5. The van der Waals surface area contributed by atoms with Crippen LogP contribution in [0.2, 0.25) is 0 Å². The molecule has 3 aromatic rings. The third-order valence-corrected chi connectivity index (χ3v) is 4.96. The summed E-state index contributed by atoms with van der Waals surface area (Å²) in [5.74, 6) is 0.647. The third-order valence-electron chi connectivity index (χ3n) is 4.96. The molecule has 0 aliphatic heterocycles. The molecule has 0 aliphatic rings. The Balaban J connectivity index is 1.64. The molecule has 1 amide bonds. The van der Waals surface area contributed by atoms with Crippen molar-refractivity contribution in [2.24, 2.45) is 0 Å². The summed E-state index contributed by atoms with van der Waals surface area (Å²) < 4.78 is 7.57. The standard InChI is InChI=1S/C23H27N3O2/c1-5-19-11-13-21(14-12-19)28-16-23(27)25(4)15-22-17(2)24-26(18(22)3)20-9-7-6-8-10-20/h6-14H,5,15-16H2,1-4H3. The molecule has 1 heterocycles. The first-order valence-electron chi connectivity index (χ1n) is 9.55. The Hall–Kier alpha value is -3.08. The van der Waals surface area contributed by atoms with Gasteiger partial charge in [-0.3, -0.25) is 4.79 Å². The van der Waals surface area contributed by atoms with E-state index in [1.54, 1.807) is 11.9 Å². The fourth-order valence-electron chi connectivity index (χ4n) is 3.13. The molecule has 0 atom stereocenters. The highest BCUT2D eigenvalue weighted by Crippen LogP contribution is 2.19. The molecule has 0 N–H and O–H groups in total. The van der Waals surface area contributed by atoms with Crippen molar-refractivity contribution in [3.63, 3.8) is 0 Å². The van der Waals surface area contributed by atoms with Crippen LogP contribution in [0.25, 0.3) is 5.69 Å². The SMILES string of the molecule is CCc1ccc(OCC(=O)N(C)Cc2c(C)nn(-c3ccccc3)c2C)cc1. The minimum Gasteiger partial charge on any atom is -0.484 e. The molecule has 0 fully saturated rings. The molecule has 0 saturated heterocycles. The molecule has 0 spiro atoms. The van der Waals surface area contributed by atoms with Crippen LogP contribution in [0.5, 0.6) is 5.75 Å². The van der Waals surface area contributed by atoms with Gasteiger partial charge in [0.15, 0.2) is 6.61 Å². The molecule has 1 aromatic heterocycles. The summed E-state index contributed by atoms with van der Waals surface area (Å²) in [6.45, 7) is 6.64. The second-order valence-electron chi connectivity index (χ2n) is 6.93. The van der Waals surface area contributed by atoms with E-state index >= 15 is 0 Å². The summed E-state index contributed by atoms with van der Waals surface area (Å²) in [5.41, 5.74) is 5.29. The molecule has 5 nitrogen and oxygen atoms in total. The summed E-state index contributed by atoms with van der Waals surface area (Å²) in [6, 6.07) is 17.9. The molecular weight excluding hydrogens is 350 g/mol. The van der Waals surface area contributed by atoms with Crippen LogP contribution >= 0.6 is 0 Å². The summed E-state index contributed by atoms with van der Waals surface area (Å²) >= 11 is 0. The number of carbonyl (C=O) groups excluding carboxylic acids is 1. The number of carbonyl (C=O) groups is 1. The summed E-state index contributed by atoms with van der Waals surface area (Å²) in [7, 11) is 1.80. The molecule has 146 valence electrons. The van der Waals surface area contributed by atoms with Crippen LogP contribution in [-0.2, 0) is 17.8 Å². The topological polar surface area (TPSA) is 47.4 Å². The molecule has 5 heteroatoms. The van der Waals surface area contributed by atoms with Gasteiger partial charge in [0.05, 0.1) is 11.4 Å². The number of aromatic nitrogens is 2. The van der Waals surface area contributed by atoms with E-state index in [1.165, 1.54) is 5.56 Å². The molecule has 2 aromatic carbocycles. The highest BCUT2D eigenvalue weighted by molar-refractivity contribution is 5.77. The van der Waals surface area contributed by atoms with Crippen LogP contribution in [0, 0.1) is 13.8 Å². The summed E-state index contributed by atoms with van der Waals surface area (Å²) in [5, 5.41) is 4.65. The Morgan fingerprint density at radius 3 is 2.39 bits per heavy atom. The summed E-state index contributed by atoms with van der Waals surface area (Å²) in [4.78, 5) is 14.2. The van der Waals surface area contributed by atoms with Crippen molar-refractivity contribution in [2.75, 3.05) is 13.7 Å². The predicted molar refractivity (Wildman–Crippen MR) is 111 cm³/mol. The lowest BCUT2D eigenvalue weighted by Crippen LogP contribution is -2.31. The van der Waals surface area contributed by atoms with E-state index < -0.39 is 0 Å². The van der Waals surface area contributed by atoms with Crippen molar-refractivity contribution in [1.29, 1.82) is 0 Å². The smallest absolute Gasteiger partial charge is 0.260 e. The first-order valence-corrected chi connectivity index (χ1v) is 9.55. The van der Waals surface area contributed by atoms with Crippen molar-refractivity contribution < 1.29 is 9.53 Å². The van der Waals surface area contributed by atoms with Crippen LogP contribution in [-0.4, -0.2) is 34.2 Å². The Kier molecular flexibility index (Phi) is 6.14. The molecule has 3 rings (SSSR count). The quantitative estimate of drug-likeness (QED) is 0.623. The predicted octanol–water partition coefficient (Wildman–Crippen LogP) is 4.09. The first-order chi connectivity index (χ1) is 13.5. The number of likely N-dealkylation sites (N-methyl/N-ethyl adjacent to an activating group) is 1. The van der Waals surface area contributed by atoms with Crippen LogP contribution in [0.3, 0.4) is 0 Å². The van der Waals surface area contributed by atoms with Crippen molar-refractivity contribution in [2.45, 2.75) is 33.7 Å². The van der Waals surface area contributed by atoms with Gasteiger partial charge in [-0.05, 0) is 50.1 Å². The van der Waals surface area contributed by atoms with Crippen molar-refractivity contribution in [3.8, 4) is 11.4 Å². The van der Waals surface area contributed by atoms with Gasteiger partial charge in [0, 0.05) is 24.8 Å². The Morgan fingerprint density at radius 1 is 1.07 bits per heavy atom. The lowest BCUT2D eigenvalue weighted by Gasteiger charge is -2.18. The van der Waals surface area contributed by atoms with E-state index in [2.05, 4.69) is 12.0 Å². The van der Waals surface area contributed by atoms with Gasteiger partial charge >= 0.3 is 0 Å². The number of hydrogen-bond donors (Lipinski definition) is 0. The Bertz CT molecular complexity index is 930. The van der Waals surface area contributed by atoms with Gasteiger partial charge in [0.25, 0.3) is 5.91 Å². The molecular formula is C23H27N3O2. The second kappa shape index (κ2) is 8.74. The van der Waals surface area contributed by atoms with E-state index in [-0.39, 0.29) is 12.5 Å². The van der Waals surface area contributed by atoms with E-state index in [1.807, 2.05) is 73.1 Å². The minimum absolute atomic E-state index is 0.0207. The van der Waals surface area contributed by atoms with Crippen LogP contribution < -0.4 is 4.74 Å². The molecule has 0 aliphatic carbocycles. The molecule has 0 saturated carbocycles. The maximum Gasteiger partial charge on any atom is 0.260 e. The van der Waals surface area contributed by atoms with E-state index in [4.69, 9.17) is 4.74 Å². The average molecular weight is 377 g/mol. The average Bonchev–Trinajstić information content (AvgIpc) is 3.01. The van der Waals surface area contributed by atoms with Crippen LogP contribution in [0.15, 0.2) is 54.6 Å².